The lowest BCUT2D eigenvalue weighted by atomic mass is 9.98. The topological polar surface area (TPSA) is 93.7 Å². The quantitative estimate of drug-likeness (QED) is 0.387. The standard InChI is InChI=1S/C24H26N4O4/c1-28(22-5-3-4-12-26-22)15-16-32-20-8-6-18(7-9-20)17-21(24(30)31-2)23(29)27-19-10-13-25-14-11-19/h3-14,21H,15-17H2,1-2H3,(H,25,27,29). The molecular formula is C24H26N4O4. The third kappa shape index (κ3) is 6.53. The van der Waals surface area contributed by atoms with Crippen molar-refractivity contribution >= 4 is 23.4 Å². The highest BCUT2D eigenvalue weighted by Gasteiger charge is 2.28. The summed E-state index contributed by atoms with van der Waals surface area (Å²) < 4.78 is 10.6. The Morgan fingerprint density at radius 3 is 2.44 bits per heavy atom. The maximum atomic E-state index is 12.6. The molecule has 0 spiro atoms. The summed E-state index contributed by atoms with van der Waals surface area (Å²) in [6, 6.07) is 16.4. The van der Waals surface area contributed by atoms with Crippen LogP contribution in [-0.2, 0) is 20.7 Å². The molecule has 2 heterocycles. The molecule has 32 heavy (non-hydrogen) atoms. The largest absolute Gasteiger partial charge is 0.492 e. The van der Waals surface area contributed by atoms with E-state index in [1.165, 1.54) is 7.11 Å². The van der Waals surface area contributed by atoms with Gasteiger partial charge < -0.3 is 19.7 Å². The van der Waals surface area contributed by atoms with E-state index in [1.807, 2.05) is 54.4 Å². The minimum atomic E-state index is -0.966. The van der Waals surface area contributed by atoms with E-state index in [4.69, 9.17) is 9.47 Å². The average Bonchev–Trinajstić information content (AvgIpc) is 2.84. The number of aromatic nitrogens is 2. The van der Waals surface area contributed by atoms with E-state index in [0.717, 1.165) is 11.4 Å². The maximum Gasteiger partial charge on any atom is 0.318 e. The summed E-state index contributed by atoms with van der Waals surface area (Å²) in [6.07, 6.45) is 5.10. The van der Waals surface area contributed by atoms with Crippen LogP contribution in [0, 0.1) is 5.92 Å². The number of nitrogens with one attached hydrogen (secondary N) is 1. The first-order chi connectivity index (χ1) is 15.6. The van der Waals surface area contributed by atoms with Gasteiger partial charge in [0.15, 0.2) is 0 Å². The summed E-state index contributed by atoms with van der Waals surface area (Å²) >= 11 is 0. The van der Waals surface area contributed by atoms with Crippen molar-refractivity contribution in [1.82, 2.24) is 9.97 Å². The van der Waals surface area contributed by atoms with Crippen molar-refractivity contribution < 1.29 is 19.1 Å². The Bertz CT molecular complexity index is 998. The second-order valence-corrected chi connectivity index (χ2v) is 7.11. The zero-order valence-electron chi connectivity index (χ0n) is 18.1. The monoisotopic (exact) mass is 434 g/mol. The maximum absolute atomic E-state index is 12.6. The lowest BCUT2D eigenvalue weighted by Crippen LogP contribution is -2.32. The molecule has 0 radical (unpaired) electrons. The van der Waals surface area contributed by atoms with Crippen molar-refractivity contribution in [1.29, 1.82) is 0 Å². The van der Waals surface area contributed by atoms with E-state index in [-0.39, 0.29) is 6.42 Å². The number of hydrogen-bond donors (Lipinski definition) is 1. The molecule has 0 aliphatic heterocycles. The molecule has 0 saturated heterocycles. The number of carbonyl (C=O) groups is 2. The van der Waals surface area contributed by atoms with Crippen LogP contribution in [0.2, 0.25) is 0 Å². The Morgan fingerprint density at radius 2 is 1.78 bits per heavy atom. The zero-order valence-corrected chi connectivity index (χ0v) is 18.1. The highest BCUT2D eigenvalue weighted by Crippen LogP contribution is 2.18. The molecule has 0 saturated carbocycles. The van der Waals surface area contributed by atoms with Crippen LogP contribution < -0.4 is 15.0 Å². The summed E-state index contributed by atoms with van der Waals surface area (Å²) in [5, 5.41) is 2.73. The van der Waals surface area contributed by atoms with Crippen molar-refractivity contribution in [3.8, 4) is 5.75 Å². The second kappa shape index (κ2) is 11.5. The predicted molar refractivity (Wildman–Crippen MR) is 122 cm³/mol. The number of anilines is 2. The van der Waals surface area contributed by atoms with Crippen molar-refractivity contribution in [2.45, 2.75) is 6.42 Å². The van der Waals surface area contributed by atoms with E-state index in [2.05, 4.69) is 15.3 Å². The first-order valence-electron chi connectivity index (χ1n) is 10.2. The van der Waals surface area contributed by atoms with Gasteiger partial charge in [-0.2, -0.15) is 0 Å². The highest BCUT2D eigenvalue weighted by molar-refractivity contribution is 6.04. The molecule has 3 aromatic rings. The van der Waals surface area contributed by atoms with E-state index >= 15 is 0 Å². The molecule has 0 aliphatic rings. The third-order valence-corrected chi connectivity index (χ3v) is 4.85. The van der Waals surface area contributed by atoms with Crippen LogP contribution in [0.4, 0.5) is 11.5 Å². The van der Waals surface area contributed by atoms with Gasteiger partial charge in [0, 0.05) is 31.3 Å². The van der Waals surface area contributed by atoms with Crippen molar-refractivity contribution in [2.24, 2.45) is 5.92 Å². The van der Waals surface area contributed by atoms with Gasteiger partial charge in [-0.1, -0.05) is 18.2 Å². The molecule has 1 atom stereocenters. The summed E-state index contributed by atoms with van der Waals surface area (Å²) in [6.45, 7) is 1.17. The molecule has 0 fully saturated rings. The summed E-state index contributed by atoms with van der Waals surface area (Å²) in [7, 11) is 3.23. The molecule has 8 nitrogen and oxygen atoms in total. The Kier molecular flexibility index (Phi) is 8.14. The molecule has 0 bridgehead atoms. The number of pyridine rings is 2. The van der Waals surface area contributed by atoms with Crippen molar-refractivity contribution in [3.05, 3.63) is 78.8 Å². The van der Waals surface area contributed by atoms with Crippen LogP contribution in [0.25, 0.3) is 0 Å². The summed E-state index contributed by atoms with van der Waals surface area (Å²) in [4.78, 5) is 35.1. The molecule has 0 aliphatic carbocycles. The number of esters is 1. The fraction of sp³-hybridized carbons (Fsp3) is 0.250. The Morgan fingerprint density at radius 1 is 1.03 bits per heavy atom. The van der Waals surface area contributed by atoms with Gasteiger partial charge in [0.05, 0.1) is 13.7 Å². The van der Waals surface area contributed by atoms with Crippen LogP contribution in [0.1, 0.15) is 5.56 Å². The van der Waals surface area contributed by atoms with Gasteiger partial charge in [0.1, 0.15) is 24.1 Å². The lowest BCUT2D eigenvalue weighted by Gasteiger charge is -2.18. The predicted octanol–water partition coefficient (Wildman–Crippen LogP) is 2.96. The first kappa shape index (κ1) is 22.7. The highest BCUT2D eigenvalue weighted by atomic mass is 16.5. The van der Waals surface area contributed by atoms with Gasteiger partial charge in [0.25, 0.3) is 0 Å². The Balaban J connectivity index is 1.55. The number of nitrogens with zero attached hydrogens (tertiary/aromatic N) is 3. The van der Waals surface area contributed by atoms with Gasteiger partial charge in [-0.05, 0) is 48.4 Å². The van der Waals surface area contributed by atoms with Crippen LogP contribution in [0.15, 0.2) is 73.2 Å². The number of ether oxygens (including phenoxy) is 2. The number of rotatable bonds is 10. The first-order valence-corrected chi connectivity index (χ1v) is 10.2. The molecule has 1 aromatic carbocycles. The fourth-order valence-corrected chi connectivity index (χ4v) is 3.04. The number of hydrogen-bond acceptors (Lipinski definition) is 7. The summed E-state index contributed by atoms with van der Waals surface area (Å²) in [5.41, 5.74) is 1.39. The number of carbonyl (C=O) groups excluding carboxylic acids is 2. The van der Waals surface area contributed by atoms with E-state index < -0.39 is 17.8 Å². The van der Waals surface area contributed by atoms with Gasteiger partial charge in [-0.3, -0.25) is 14.6 Å². The molecule has 3 rings (SSSR count). The number of likely N-dealkylation sites (N-methyl/N-ethyl adjacent to an activating group) is 1. The minimum absolute atomic E-state index is 0.215. The number of benzene rings is 1. The van der Waals surface area contributed by atoms with Crippen molar-refractivity contribution in [2.75, 3.05) is 37.5 Å². The van der Waals surface area contributed by atoms with Crippen molar-refractivity contribution in [3.63, 3.8) is 0 Å². The normalized spacial score (nSPS) is 11.3. The van der Waals surface area contributed by atoms with Gasteiger partial charge in [-0.15, -0.1) is 0 Å². The molecule has 1 N–H and O–H groups in total. The van der Waals surface area contributed by atoms with Crippen LogP contribution in [0.5, 0.6) is 5.75 Å². The molecule has 2 aromatic heterocycles. The molecule has 1 unspecified atom stereocenters. The average molecular weight is 434 g/mol. The second-order valence-electron chi connectivity index (χ2n) is 7.11. The molecule has 166 valence electrons. The molecule has 8 heteroatoms. The number of amides is 1. The smallest absolute Gasteiger partial charge is 0.318 e. The lowest BCUT2D eigenvalue weighted by molar-refractivity contribution is -0.148. The molecular weight excluding hydrogens is 408 g/mol. The SMILES string of the molecule is COC(=O)C(Cc1ccc(OCCN(C)c2ccccn2)cc1)C(=O)Nc1ccncc1. The van der Waals surface area contributed by atoms with Gasteiger partial charge >= 0.3 is 5.97 Å². The van der Waals surface area contributed by atoms with Crippen LogP contribution >= 0.6 is 0 Å². The van der Waals surface area contributed by atoms with E-state index in [0.29, 0.717) is 24.6 Å². The van der Waals surface area contributed by atoms with E-state index in [9.17, 15) is 9.59 Å². The van der Waals surface area contributed by atoms with Crippen LogP contribution in [-0.4, -0.2) is 49.2 Å². The molecule has 1 amide bonds. The third-order valence-electron chi connectivity index (χ3n) is 4.85. The zero-order chi connectivity index (χ0) is 22.8. The van der Waals surface area contributed by atoms with Gasteiger partial charge in [0.2, 0.25) is 5.91 Å². The Hall–Kier alpha value is -3.94. The van der Waals surface area contributed by atoms with Crippen LogP contribution in [0.3, 0.4) is 0 Å². The number of methoxy groups -OCH3 is 1. The van der Waals surface area contributed by atoms with E-state index in [1.54, 1.807) is 30.7 Å². The minimum Gasteiger partial charge on any atom is -0.492 e. The fourth-order valence-electron chi connectivity index (χ4n) is 3.04. The Labute approximate surface area is 187 Å². The van der Waals surface area contributed by atoms with Gasteiger partial charge in [-0.25, -0.2) is 4.98 Å². The summed E-state index contributed by atoms with van der Waals surface area (Å²) in [5.74, 6) is -0.397.